The van der Waals surface area contributed by atoms with Crippen molar-refractivity contribution in [2.24, 2.45) is 5.73 Å². The highest BCUT2D eigenvalue weighted by atomic mass is 79.9. The zero-order chi connectivity index (χ0) is 12.7. The second-order valence-electron chi connectivity index (χ2n) is 4.00. The van der Waals surface area contributed by atoms with E-state index in [0.29, 0.717) is 10.4 Å². The number of hydrogen-bond donors (Lipinski definition) is 3. The van der Waals surface area contributed by atoms with E-state index in [9.17, 15) is 4.79 Å². The van der Waals surface area contributed by atoms with Crippen molar-refractivity contribution in [3.63, 3.8) is 0 Å². The molecule has 0 aliphatic heterocycles. The molecule has 0 radical (unpaired) electrons. The molecule has 3 aromatic rings. The molecule has 0 aliphatic carbocycles. The highest BCUT2D eigenvalue weighted by molar-refractivity contribution is 9.10. The largest absolute Gasteiger partial charge is 0.452 e. The lowest BCUT2D eigenvalue weighted by Crippen LogP contribution is -2.10. The van der Waals surface area contributed by atoms with Gasteiger partial charge in [-0.05, 0) is 45.8 Å². The Labute approximate surface area is 110 Å². The number of furan rings is 1. The summed E-state index contributed by atoms with van der Waals surface area (Å²) in [7, 11) is 0. The van der Waals surface area contributed by atoms with Crippen LogP contribution in [0.4, 0.5) is 0 Å². The second-order valence-corrected chi connectivity index (χ2v) is 4.79. The fourth-order valence-electron chi connectivity index (χ4n) is 1.90. The van der Waals surface area contributed by atoms with Gasteiger partial charge in [0.15, 0.2) is 4.67 Å². The lowest BCUT2D eigenvalue weighted by Gasteiger charge is -2.08. The third kappa shape index (κ3) is 1.89. The molecule has 92 valence electrons. The molecule has 2 aromatic heterocycles. The Balaban J connectivity index is 2.05. The number of hydrogen-bond acceptors (Lipinski definition) is 3. The highest BCUT2D eigenvalue weighted by Crippen LogP contribution is 2.25. The van der Waals surface area contributed by atoms with Gasteiger partial charge in [-0.25, -0.2) is 4.79 Å². The SMILES string of the molecule is NC(c1ccc2[nH]c(=O)[nH]c2c1)c1ccc(Br)o1. The summed E-state index contributed by atoms with van der Waals surface area (Å²) in [6, 6.07) is 8.78. The minimum atomic E-state index is -0.362. The van der Waals surface area contributed by atoms with Crippen LogP contribution in [0, 0.1) is 0 Å². The Bertz CT molecular complexity index is 756. The maximum absolute atomic E-state index is 11.2. The molecule has 0 saturated heterocycles. The Morgan fingerprint density at radius 1 is 1.17 bits per heavy atom. The topological polar surface area (TPSA) is 87.8 Å². The Hall–Kier alpha value is -1.79. The molecular formula is C12H10BrN3O2. The number of H-pyrrole nitrogens is 2. The zero-order valence-corrected chi connectivity index (χ0v) is 10.8. The van der Waals surface area contributed by atoms with Crippen molar-refractivity contribution in [1.29, 1.82) is 0 Å². The Morgan fingerprint density at radius 3 is 2.67 bits per heavy atom. The van der Waals surface area contributed by atoms with Gasteiger partial charge in [-0.15, -0.1) is 0 Å². The predicted molar refractivity (Wildman–Crippen MR) is 71.4 cm³/mol. The van der Waals surface area contributed by atoms with E-state index in [1.54, 1.807) is 6.07 Å². The van der Waals surface area contributed by atoms with E-state index in [-0.39, 0.29) is 11.7 Å². The van der Waals surface area contributed by atoms with Gasteiger partial charge in [0.25, 0.3) is 0 Å². The third-order valence-corrected chi connectivity index (χ3v) is 3.23. The van der Waals surface area contributed by atoms with Crippen LogP contribution in [0.25, 0.3) is 11.0 Å². The van der Waals surface area contributed by atoms with E-state index in [1.807, 2.05) is 24.3 Å². The summed E-state index contributed by atoms with van der Waals surface area (Å²) in [5.74, 6) is 0.666. The number of rotatable bonds is 2. The zero-order valence-electron chi connectivity index (χ0n) is 9.24. The van der Waals surface area contributed by atoms with Gasteiger partial charge in [0, 0.05) is 0 Å². The van der Waals surface area contributed by atoms with E-state index in [4.69, 9.17) is 10.2 Å². The first kappa shape index (κ1) is 11.3. The summed E-state index contributed by atoms with van der Waals surface area (Å²) in [6.45, 7) is 0. The van der Waals surface area contributed by atoms with Crippen LogP contribution in [0.1, 0.15) is 17.4 Å². The minimum Gasteiger partial charge on any atom is -0.452 e. The molecule has 6 heteroatoms. The van der Waals surface area contributed by atoms with Gasteiger partial charge < -0.3 is 20.1 Å². The molecule has 4 N–H and O–H groups in total. The molecule has 0 saturated carbocycles. The van der Waals surface area contributed by atoms with Crippen molar-refractivity contribution in [2.75, 3.05) is 0 Å². The van der Waals surface area contributed by atoms with Crippen LogP contribution in [0.2, 0.25) is 0 Å². The van der Waals surface area contributed by atoms with E-state index in [1.165, 1.54) is 0 Å². The van der Waals surface area contributed by atoms with E-state index >= 15 is 0 Å². The quantitative estimate of drug-likeness (QED) is 0.678. The smallest absolute Gasteiger partial charge is 0.323 e. The van der Waals surface area contributed by atoms with Gasteiger partial charge in [0.2, 0.25) is 0 Å². The standard InChI is InChI=1S/C12H10BrN3O2/c13-10-4-3-9(18-10)11(14)6-1-2-7-8(5-6)16-12(17)15-7/h1-5,11H,14H2,(H2,15,16,17). The monoisotopic (exact) mass is 307 g/mol. The fraction of sp³-hybridized carbons (Fsp3) is 0.0833. The van der Waals surface area contributed by atoms with Crippen LogP contribution in [-0.4, -0.2) is 9.97 Å². The number of nitrogens with one attached hydrogen (secondary N) is 2. The molecule has 1 unspecified atom stereocenters. The number of aromatic amines is 2. The molecule has 0 amide bonds. The summed E-state index contributed by atoms with van der Waals surface area (Å²) in [5.41, 5.74) is 8.26. The molecule has 5 nitrogen and oxygen atoms in total. The first-order valence-electron chi connectivity index (χ1n) is 5.36. The van der Waals surface area contributed by atoms with Crippen LogP contribution in [0.5, 0.6) is 0 Å². The summed E-state index contributed by atoms with van der Waals surface area (Å²) in [6.07, 6.45) is 0. The normalized spacial score (nSPS) is 13.0. The van der Waals surface area contributed by atoms with Crippen LogP contribution >= 0.6 is 15.9 Å². The lowest BCUT2D eigenvalue weighted by molar-refractivity contribution is 0.470. The Kier molecular flexibility index (Phi) is 2.61. The second kappa shape index (κ2) is 4.15. The number of fused-ring (bicyclic) bond motifs is 1. The van der Waals surface area contributed by atoms with Crippen molar-refractivity contribution in [3.8, 4) is 0 Å². The van der Waals surface area contributed by atoms with Gasteiger partial charge in [-0.1, -0.05) is 6.07 Å². The van der Waals surface area contributed by atoms with Crippen molar-refractivity contribution < 1.29 is 4.42 Å². The van der Waals surface area contributed by atoms with E-state index in [2.05, 4.69) is 25.9 Å². The molecular weight excluding hydrogens is 298 g/mol. The number of imidazole rings is 1. The van der Waals surface area contributed by atoms with Gasteiger partial charge >= 0.3 is 5.69 Å². The first-order chi connectivity index (χ1) is 8.63. The molecule has 0 bridgehead atoms. The fourth-order valence-corrected chi connectivity index (χ4v) is 2.22. The van der Waals surface area contributed by atoms with Gasteiger partial charge in [-0.3, -0.25) is 0 Å². The van der Waals surface area contributed by atoms with E-state index in [0.717, 1.165) is 16.6 Å². The number of benzene rings is 1. The Morgan fingerprint density at radius 2 is 1.94 bits per heavy atom. The van der Waals surface area contributed by atoms with Gasteiger partial charge in [-0.2, -0.15) is 0 Å². The van der Waals surface area contributed by atoms with Gasteiger partial charge in [0.1, 0.15) is 5.76 Å². The van der Waals surface area contributed by atoms with Crippen LogP contribution < -0.4 is 11.4 Å². The third-order valence-electron chi connectivity index (χ3n) is 2.80. The molecule has 18 heavy (non-hydrogen) atoms. The van der Waals surface area contributed by atoms with E-state index < -0.39 is 0 Å². The summed E-state index contributed by atoms with van der Waals surface area (Å²) in [5, 5.41) is 0. The van der Waals surface area contributed by atoms with Crippen LogP contribution in [0.3, 0.4) is 0 Å². The first-order valence-corrected chi connectivity index (χ1v) is 6.15. The summed E-state index contributed by atoms with van der Waals surface area (Å²) in [4.78, 5) is 16.6. The van der Waals surface area contributed by atoms with Crippen molar-refractivity contribution in [3.05, 3.63) is 56.8 Å². The van der Waals surface area contributed by atoms with Crippen molar-refractivity contribution in [2.45, 2.75) is 6.04 Å². The molecule has 0 spiro atoms. The molecule has 0 fully saturated rings. The number of nitrogens with two attached hydrogens (primary N) is 1. The summed E-state index contributed by atoms with van der Waals surface area (Å²) < 4.78 is 6.07. The molecule has 1 atom stereocenters. The van der Waals surface area contributed by atoms with Crippen molar-refractivity contribution >= 4 is 27.0 Å². The van der Waals surface area contributed by atoms with Crippen molar-refractivity contribution in [1.82, 2.24) is 9.97 Å². The minimum absolute atomic E-state index is 0.225. The average Bonchev–Trinajstić information content (AvgIpc) is 2.92. The summed E-state index contributed by atoms with van der Waals surface area (Å²) >= 11 is 3.24. The molecule has 1 aromatic carbocycles. The molecule has 2 heterocycles. The average molecular weight is 308 g/mol. The number of halogens is 1. The lowest BCUT2D eigenvalue weighted by atomic mass is 10.1. The number of aromatic nitrogens is 2. The highest BCUT2D eigenvalue weighted by Gasteiger charge is 2.13. The maximum atomic E-state index is 11.2. The van der Waals surface area contributed by atoms with Crippen LogP contribution in [0.15, 0.2) is 44.2 Å². The maximum Gasteiger partial charge on any atom is 0.323 e. The molecule has 0 aliphatic rings. The van der Waals surface area contributed by atoms with Crippen LogP contribution in [-0.2, 0) is 0 Å². The van der Waals surface area contributed by atoms with Gasteiger partial charge in [0.05, 0.1) is 17.1 Å². The molecule has 3 rings (SSSR count). The predicted octanol–water partition coefficient (Wildman–Crippen LogP) is 2.26.